The molecule has 0 aliphatic carbocycles. The molecule has 0 saturated heterocycles. The highest BCUT2D eigenvalue weighted by molar-refractivity contribution is 5.78. The molecule has 26 nitrogen and oxygen atoms in total. The van der Waals surface area contributed by atoms with Crippen molar-refractivity contribution in [1.82, 2.24) is 21.3 Å². The number of nitrogens with one attached hydrogen (secondary N) is 4. The maximum absolute atomic E-state index is 13.4. The Kier molecular flexibility index (Phi) is 56.6. The van der Waals surface area contributed by atoms with Crippen LogP contribution in [0, 0.1) is 0 Å². The highest BCUT2D eigenvalue weighted by atomic mass is 16.6. The lowest BCUT2D eigenvalue weighted by molar-refractivity contribution is -0.134. The summed E-state index contributed by atoms with van der Waals surface area (Å²) in [6.45, 7) is 12.8. The molecule has 0 aromatic carbocycles. The first-order valence-electron chi connectivity index (χ1n) is 26.1. The molecule has 0 fully saturated rings. The van der Waals surface area contributed by atoms with Crippen LogP contribution < -0.4 is 21.3 Å². The summed E-state index contributed by atoms with van der Waals surface area (Å²) >= 11 is 0. The standard InChI is InChI=1S/C49H96N4O22/c1-5-12-61-25-29-71-39-40-72-41-48(57)53-49(42-73-13-6-45(54)50-9-16-62-26-30-68-36-33-65-22-19-58-2,43-74-14-7-46(55)51-10-17-63-27-31-69-37-34-66-23-20-59-3)44-75-15-8-47(56)52-11-18-64-28-32-70-38-35-67-24-21-60-4/h5-44H2,1-4H3,(H,50,54)(H,51,55)(H,52,56)(H,53,57). The molecule has 0 aromatic rings. The third-order valence-electron chi connectivity index (χ3n) is 9.52. The highest BCUT2D eigenvalue weighted by Gasteiger charge is 2.34. The Morgan fingerprint density at radius 2 is 0.547 bits per heavy atom. The molecule has 26 heteroatoms. The minimum Gasteiger partial charge on any atom is -0.382 e. The first-order chi connectivity index (χ1) is 36.8. The van der Waals surface area contributed by atoms with Gasteiger partial charge in [0.2, 0.25) is 23.6 Å². The first kappa shape index (κ1) is 72.2. The van der Waals surface area contributed by atoms with Crippen molar-refractivity contribution in [2.45, 2.75) is 38.1 Å². The smallest absolute Gasteiger partial charge is 0.246 e. The third kappa shape index (κ3) is 54.3. The molecule has 0 heterocycles. The Balaban J connectivity index is 5.31. The molecule has 0 saturated carbocycles. The lowest BCUT2D eigenvalue weighted by atomic mass is 10.0. The summed E-state index contributed by atoms with van der Waals surface area (Å²) in [4.78, 5) is 51.5. The topological polar surface area (TPSA) is 283 Å². The molecular weight excluding hydrogens is 997 g/mol. The summed E-state index contributed by atoms with van der Waals surface area (Å²) in [5.41, 5.74) is -1.33. The fraction of sp³-hybridized carbons (Fsp3) is 0.918. The van der Waals surface area contributed by atoms with Gasteiger partial charge in [0.1, 0.15) is 12.1 Å². The van der Waals surface area contributed by atoms with Crippen molar-refractivity contribution < 1.29 is 104 Å². The van der Waals surface area contributed by atoms with Gasteiger partial charge in [-0.3, -0.25) is 19.2 Å². The van der Waals surface area contributed by atoms with Crippen molar-refractivity contribution in [3.05, 3.63) is 0 Å². The van der Waals surface area contributed by atoms with Crippen molar-refractivity contribution in [2.24, 2.45) is 0 Å². The zero-order valence-electron chi connectivity index (χ0n) is 45.8. The Bertz CT molecular complexity index is 1150. The quantitative estimate of drug-likeness (QED) is 0.0529. The van der Waals surface area contributed by atoms with Crippen LogP contribution in [-0.2, 0) is 104 Å². The van der Waals surface area contributed by atoms with Crippen LogP contribution in [0.25, 0.3) is 0 Å². The van der Waals surface area contributed by atoms with E-state index in [4.69, 9.17) is 85.3 Å². The Hall–Kier alpha value is -2.84. The maximum atomic E-state index is 13.4. The van der Waals surface area contributed by atoms with E-state index in [1.807, 2.05) is 6.92 Å². The summed E-state index contributed by atoms with van der Waals surface area (Å²) in [6, 6.07) is 0. The molecule has 0 aliphatic rings. The van der Waals surface area contributed by atoms with E-state index in [1.54, 1.807) is 21.3 Å². The van der Waals surface area contributed by atoms with E-state index in [1.165, 1.54) is 0 Å². The van der Waals surface area contributed by atoms with E-state index in [-0.39, 0.29) is 136 Å². The van der Waals surface area contributed by atoms with E-state index in [2.05, 4.69) is 21.3 Å². The normalized spacial score (nSPS) is 11.6. The van der Waals surface area contributed by atoms with Crippen LogP contribution in [0.3, 0.4) is 0 Å². The van der Waals surface area contributed by atoms with Crippen LogP contribution in [0.1, 0.15) is 32.6 Å². The van der Waals surface area contributed by atoms with Crippen LogP contribution in [0.15, 0.2) is 0 Å². The van der Waals surface area contributed by atoms with Gasteiger partial charge in [0.15, 0.2) is 0 Å². The summed E-state index contributed by atoms with van der Waals surface area (Å²) in [7, 11) is 4.83. The molecule has 0 aromatic heterocycles. The molecule has 0 bridgehead atoms. The third-order valence-corrected chi connectivity index (χ3v) is 9.52. The lowest BCUT2D eigenvalue weighted by Gasteiger charge is -2.34. The molecule has 0 rings (SSSR count). The van der Waals surface area contributed by atoms with Crippen molar-refractivity contribution in [3.8, 4) is 0 Å². The SMILES string of the molecule is CCCOCCOCCOCC(=O)NC(COCCC(=O)NCCOCCOCCOCCOC)(COCCC(=O)NCCOCCOCCOCCOC)COCCC(=O)NCCOCCOCCOCCOC. The van der Waals surface area contributed by atoms with Gasteiger partial charge in [-0.25, -0.2) is 0 Å². The lowest BCUT2D eigenvalue weighted by Crippen LogP contribution is -2.59. The van der Waals surface area contributed by atoms with Gasteiger partial charge in [0, 0.05) is 66.8 Å². The number of carbonyl (C=O) groups is 4. The fourth-order valence-corrected chi connectivity index (χ4v) is 5.72. The molecule has 0 spiro atoms. The number of hydrogen-bond acceptors (Lipinski definition) is 22. The van der Waals surface area contributed by atoms with E-state index in [0.717, 1.165) is 6.42 Å². The maximum Gasteiger partial charge on any atom is 0.246 e. The van der Waals surface area contributed by atoms with Gasteiger partial charge in [-0.05, 0) is 6.42 Å². The monoisotopic (exact) mass is 1090 g/mol. The largest absolute Gasteiger partial charge is 0.382 e. The summed E-state index contributed by atoms with van der Waals surface area (Å²) < 4.78 is 98.3. The summed E-state index contributed by atoms with van der Waals surface area (Å²) in [6.07, 6.45) is 0.928. The predicted molar refractivity (Wildman–Crippen MR) is 272 cm³/mol. The van der Waals surface area contributed by atoms with Gasteiger partial charge >= 0.3 is 0 Å². The van der Waals surface area contributed by atoms with Gasteiger partial charge in [-0.1, -0.05) is 6.92 Å². The number of hydrogen-bond donors (Lipinski definition) is 4. The van der Waals surface area contributed by atoms with Crippen LogP contribution in [0.2, 0.25) is 0 Å². The van der Waals surface area contributed by atoms with E-state index >= 15 is 0 Å². The minimum absolute atomic E-state index is 0.00683. The van der Waals surface area contributed by atoms with Crippen molar-refractivity contribution >= 4 is 23.6 Å². The molecule has 0 unspecified atom stereocenters. The summed E-state index contributed by atoms with van der Waals surface area (Å²) in [5.74, 6) is -1.32. The zero-order valence-corrected chi connectivity index (χ0v) is 45.8. The Morgan fingerprint density at radius 3 is 0.827 bits per heavy atom. The van der Waals surface area contributed by atoms with Crippen LogP contribution in [0.5, 0.6) is 0 Å². The van der Waals surface area contributed by atoms with Gasteiger partial charge in [0.05, 0.1) is 205 Å². The molecular formula is C49H96N4O22. The van der Waals surface area contributed by atoms with Gasteiger partial charge < -0.3 is 107 Å². The van der Waals surface area contributed by atoms with Gasteiger partial charge in [-0.2, -0.15) is 0 Å². The van der Waals surface area contributed by atoms with Gasteiger partial charge in [0.25, 0.3) is 0 Å². The first-order valence-corrected chi connectivity index (χ1v) is 26.1. The number of amides is 4. The van der Waals surface area contributed by atoms with Gasteiger partial charge in [-0.15, -0.1) is 0 Å². The number of carbonyl (C=O) groups excluding carboxylic acids is 4. The highest BCUT2D eigenvalue weighted by Crippen LogP contribution is 2.11. The molecule has 0 atom stereocenters. The van der Waals surface area contributed by atoms with Crippen molar-refractivity contribution in [3.63, 3.8) is 0 Å². The van der Waals surface area contributed by atoms with Crippen LogP contribution in [-0.4, -0.2) is 288 Å². The zero-order chi connectivity index (χ0) is 54.7. The molecule has 0 aliphatic heterocycles. The number of ether oxygens (including phenoxy) is 18. The van der Waals surface area contributed by atoms with E-state index in [0.29, 0.717) is 139 Å². The second-order valence-corrected chi connectivity index (χ2v) is 16.1. The van der Waals surface area contributed by atoms with Crippen molar-refractivity contribution in [1.29, 1.82) is 0 Å². The second-order valence-electron chi connectivity index (χ2n) is 16.1. The average molecular weight is 1090 g/mol. The molecule has 75 heavy (non-hydrogen) atoms. The van der Waals surface area contributed by atoms with Crippen LogP contribution >= 0.6 is 0 Å². The van der Waals surface area contributed by atoms with Crippen molar-refractivity contribution in [2.75, 3.05) is 259 Å². The molecule has 0 radical (unpaired) electrons. The molecule has 4 amide bonds. The predicted octanol–water partition coefficient (Wildman–Crippen LogP) is -1.04. The summed E-state index contributed by atoms with van der Waals surface area (Å²) in [5, 5.41) is 11.3. The Morgan fingerprint density at radius 1 is 0.293 bits per heavy atom. The van der Waals surface area contributed by atoms with E-state index in [9.17, 15) is 19.2 Å². The second kappa shape index (κ2) is 58.8. The van der Waals surface area contributed by atoms with E-state index < -0.39 is 11.4 Å². The minimum atomic E-state index is -1.33. The molecule has 4 N–H and O–H groups in total. The Labute approximate surface area is 445 Å². The number of rotatable bonds is 62. The molecule has 444 valence electrons. The number of methoxy groups -OCH3 is 3. The average Bonchev–Trinajstić information content (AvgIpc) is 3.40. The van der Waals surface area contributed by atoms with Crippen LogP contribution in [0.4, 0.5) is 0 Å². The fourth-order valence-electron chi connectivity index (χ4n) is 5.72.